The fraction of sp³-hybridized carbons (Fsp3) is 0.864. The summed E-state index contributed by atoms with van der Waals surface area (Å²) in [6, 6.07) is -0.890. The molecule has 406 valence electrons. The lowest BCUT2D eigenvalue weighted by atomic mass is 10.0. The molecule has 9 nitrogen and oxygen atoms in total. The average Bonchev–Trinajstić information content (AvgIpc) is 3.31. The summed E-state index contributed by atoms with van der Waals surface area (Å²) >= 11 is 0. The van der Waals surface area contributed by atoms with E-state index in [1.54, 1.807) is 0 Å². The summed E-state index contributed by atoms with van der Waals surface area (Å²) in [6.07, 6.45) is 58.1. The van der Waals surface area contributed by atoms with Crippen molar-refractivity contribution < 1.29 is 37.3 Å². The first-order valence-corrected chi connectivity index (χ1v) is 30.8. The van der Waals surface area contributed by atoms with Gasteiger partial charge in [0.25, 0.3) is 7.82 Å². The van der Waals surface area contributed by atoms with Crippen molar-refractivity contribution in [2.75, 3.05) is 40.9 Å². The standard InChI is InChI=1S/C59H113N2O7P/c1-7-10-13-16-19-22-25-28-30-32-33-36-39-42-45-48-51-58(62)60-56(55-67-69(64,65)66-54-53-61(4,5)6)57(50-47-44-41-38-35-27-24-21-18-15-12-9-3)68-59(63)52-49-46-43-40-37-34-31-29-26-23-20-17-14-11-8-2/h23,26,30,32,47,50,56-57H,7-22,24-25,27-29,31,33-46,48-49,51-55H2,1-6H3,(H-,60,62,64,65)/b26-23-,32-30+,50-47+. The Morgan fingerprint density at radius 1 is 0.493 bits per heavy atom. The number of amides is 1. The Labute approximate surface area is 427 Å². The number of rotatable bonds is 53. The van der Waals surface area contributed by atoms with E-state index in [1.807, 2.05) is 33.3 Å². The van der Waals surface area contributed by atoms with Crippen molar-refractivity contribution in [1.82, 2.24) is 5.32 Å². The van der Waals surface area contributed by atoms with Crippen LogP contribution in [-0.2, 0) is 27.9 Å². The largest absolute Gasteiger partial charge is 0.756 e. The molecule has 69 heavy (non-hydrogen) atoms. The van der Waals surface area contributed by atoms with Gasteiger partial charge in [-0.15, -0.1) is 0 Å². The molecule has 0 saturated carbocycles. The number of ether oxygens (including phenoxy) is 1. The van der Waals surface area contributed by atoms with Gasteiger partial charge in [0.2, 0.25) is 5.91 Å². The summed E-state index contributed by atoms with van der Waals surface area (Å²) in [5, 5.41) is 3.02. The van der Waals surface area contributed by atoms with Gasteiger partial charge in [-0.05, 0) is 83.1 Å². The first-order valence-electron chi connectivity index (χ1n) is 29.3. The van der Waals surface area contributed by atoms with Gasteiger partial charge in [0, 0.05) is 12.8 Å². The van der Waals surface area contributed by atoms with E-state index >= 15 is 0 Å². The Kier molecular flexibility index (Phi) is 48.5. The number of allylic oxidation sites excluding steroid dienone is 5. The van der Waals surface area contributed by atoms with Gasteiger partial charge in [0.1, 0.15) is 19.3 Å². The van der Waals surface area contributed by atoms with Crippen LogP contribution in [-0.4, -0.2) is 69.4 Å². The molecule has 0 aliphatic rings. The third-order valence-electron chi connectivity index (χ3n) is 13.0. The number of hydrogen-bond donors (Lipinski definition) is 1. The number of nitrogens with zero attached hydrogens (tertiary/aromatic N) is 1. The van der Waals surface area contributed by atoms with Crippen LogP contribution in [0.15, 0.2) is 36.5 Å². The first-order chi connectivity index (χ1) is 33.4. The number of hydrogen-bond acceptors (Lipinski definition) is 7. The molecule has 0 aliphatic heterocycles. The van der Waals surface area contributed by atoms with E-state index in [0.29, 0.717) is 17.4 Å². The highest BCUT2D eigenvalue weighted by molar-refractivity contribution is 7.45. The van der Waals surface area contributed by atoms with Crippen LogP contribution in [0.5, 0.6) is 0 Å². The third-order valence-corrected chi connectivity index (χ3v) is 14.0. The fourth-order valence-corrected chi connectivity index (χ4v) is 9.18. The Bertz CT molecular complexity index is 1280. The number of quaternary nitrogens is 1. The molecule has 0 aromatic heterocycles. The molecule has 0 radical (unpaired) electrons. The first kappa shape index (κ1) is 67.2. The van der Waals surface area contributed by atoms with Gasteiger partial charge in [0.05, 0.1) is 33.8 Å². The van der Waals surface area contributed by atoms with Gasteiger partial charge in [-0.2, -0.15) is 0 Å². The number of carbonyl (C=O) groups is 2. The minimum atomic E-state index is -4.69. The summed E-state index contributed by atoms with van der Waals surface area (Å²) in [5.74, 6) is -0.548. The van der Waals surface area contributed by atoms with Crippen molar-refractivity contribution in [3.05, 3.63) is 36.5 Å². The summed E-state index contributed by atoms with van der Waals surface area (Å²) in [5.41, 5.74) is 0. The second-order valence-corrected chi connectivity index (χ2v) is 22.6. The lowest BCUT2D eigenvalue weighted by molar-refractivity contribution is -0.870. The molecule has 0 bridgehead atoms. The van der Waals surface area contributed by atoms with E-state index in [2.05, 4.69) is 50.4 Å². The number of esters is 1. The van der Waals surface area contributed by atoms with Crippen molar-refractivity contribution in [2.24, 2.45) is 0 Å². The van der Waals surface area contributed by atoms with Gasteiger partial charge >= 0.3 is 5.97 Å². The number of nitrogens with one attached hydrogen (secondary N) is 1. The summed E-state index contributed by atoms with van der Waals surface area (Å²) in [6.45, 7) is 6.83. The molecule has 3 unspecified atom stereocenters. The summed E-state index contributed by atoms with van der Waals surface area (Å²) in [4.78, 5) is 39.8. The topological polar surface area (TPSA) is 114 Å². The zero-order valence-electron chi connectivity index (χ0n) is 46.3. The maximum atomic E-state index is 13.5. The lowest BCUT2D eigenvalue weighted by Gasteiger charge is -2.30. The molecule has 1 amide bonds. The van der Waals surface area contributed by atoms with Gasteiger partial charge in [-0.1, -0.05) is 218 Å². The quantitative estimate of drug-likeness (QED) is 0.0212. The molecular formula is C59H113N2O7P. The highest BCUT2D eigenvalue weighted by Gasteiger charge is 2.27. The molecule has 1 N–H and O–H groups in total. The van der Waals surface area contributed by atoms with E-state index < -0.39 is 26.6 Å². The molecular weight excluding hydrogens is 880 g/mol. The van der Waals surface area contributed by atoms with Gasteiger partial charge in [0.15, 0.2) is 0 Å². The lowest BCUT2D eigenvalue weighted by Crippen LogP contribution is -2.47. The maximum absolute atomic E-state index is 13.5. The second-order valence-electron chi connectivity index (χ2n) is 21.1. The Hall–Kier alpha value is -1.77. The van der Waals surface area contributed by atoms with Crippen LogP contribution in [0.1, 0.15) is 278 Å². The smallest absolute Gasteiger partial charge is 0.306 e. The van der Waals surface area contributed by atoms with E-state index in [1.165, 1.54) is 154 Å². The van der Waals surface area contributed by atoms with Crippen molar-refractivity contribution in [1.29, 1.82) is 0 Å². The monoisotopic (exact) mass is 993 g/mol. The number of carbonyl (C=O) groups excluding carboxylic acids is 2. The molecule has 0 aliphatic carbocycles. The normalized spacial score (nSPS) is 14.0. The van der Waals surface area contributed by atoms with E-state index in [-0.39, 0.29) is 24.9 Å². The van der Waals surface area contributed by atoms with Crippen LogP contribution < -0.4 is 10.2 Å². The van der Waals surface area contributed by atoms with Crippen LogP contribution >= 0.6 is 7.82 Å². The average molecular weight is 994 g/mol. The van der Waals surface area contributed by atoms with Crippen LogP contribution in [0, 0.1) is 0 Å². The molecule has 0 saturated heterocycles. The number of likely N-dealkylation sites (N-methyl/N-ethyl adjacent to an activating group) is 1. The van der Waals surface area contributed by atoms with Crippen LogP contribution in [0.2, 0.25) is 0 Å². The molecule has 0 fully saturated rings. The molecule has 0 aromatic carbocycles. The number of phosphoric ester groups is 1. The van der Waals surface area contributed by atoms with E-state index in [4.69, 9.17) is 13.8 Å². The third kappa shape index (κ3) is 51.0. The minimum Gasteiger partial charge on any atom is -0.756 e. The molecule has 10 heteroatoms. The SMILES string of the molecule is CCCCCC/C=C\CCCCCCCCCC(=O)OC(/C=C/CCCCCCCCCCCC)C(COP(=O)([O-])OCC[N+](C)(C)C)NC(=O)CCCCCCC/C=C/CCCCCCCCC. The van der Waals surface area contributed by atoms with Gasteiger partial charge in [-0.25, -0.2) is 0 Å². The molecule has 0 spiro atoms. The van der Waals surface area contributed by atoms with Crippen LogP contribution in [0.3, 0.4) is 0 Å². The second kappa shape index (κ2) is 49.8. The van der Waals surface area contributed by atoms with Crippen LogP contribution in [0.4, 0.5) is 0 Å². The van der Waals surface area contributed by atoms with Crippen molar-refractivity contribution in [2.45, 2.75) is 290 Å². The van der Waals surface area contributed by atoms with Crippen LogP contribution in [0.25, 0.3) is 0 Å². The number of unbranched alkanes of at least 4 members (excludes halogenated alkanes) is 33. The van der Waals surface area contributed by atoms with E-state index in [0.717, 1.165) is 89.9 Å². The van der Waals surface area contributed by atoms with Crippen molar-refractivity contribution >= 4 is 19.7 Å². The Balaban J connectivity index is 5.34. The minimum absolute atomic E-state index is 0.0232. The molecule has 0 heterocycles. The molecule has 0 aromatic rings. The van der Waals surface area contributed by atoms with Gasteiger partial charge in [-0.3, -0.25) is 14.2 Å². The Morgan fingerprint density at radius 2 is 0.841 bits per heavy atom. The maximum Gasteiger partial charge on any atom is 0.306 e. The van der Waals surface area contributed by atoms with Crippen molar-refractivity contribution in [3.8, 4) is 0 Å². The molecule has 3 atom stereocenters. The predicted octanol–water partition coefficient (Wildman–Crippen LogP) is 16.9. The number of phosphoric acid groups is 1. The molecule has 0 rings (SSSR count). The summed E-state index contributed by atoms with van der Waals surface area (Å²) in [7, 11) is 1.18. The zero-order valence-corrected chi connectivity index (χ0v) is 47.2. The van der Waals surface area contributed by atoms with E-state index in [9.17, 15) is 19.0 Å². The van der Waals surface area contributed by atoms with Gasteiger partial charge < -0.3 is 28.5 Å². The highest BCUT2D eigenvalue weighted by Crippen LogP contribution is 2.38. The Morgan fingerprint density at radius 3 is 1.25 bits per heavy atom. The highest BCUT2D eigenvalue weighted by atomic mass is 31.2. The zero-order chi connectivity index (χ0) is 50.8. The van der Waals surface area contributed by atoms with Crippen molar-refractivity contribution in [3.63, 3.8) is 0 Å². The predicted molar refractivity (Wildman–Crippen MR) is 293 cm³/mol. The summed E-state index contributed by atoms with van der Waals surface area (Å²) < 4.78 is 30.2. The fourth-order valence-electron chi connectivity index (χ4n) is 8.45.